The SMILES string of the molecule is CCc1nnc(-c2c(C)c(S(=O)(=O)NCc3ccc(F)cc3F)c(C)n2CC)o1. The highest BCUT2D eigenvalue weighted by Crippen LogP contribution is 2.33. The second-order valence-electron chi connectivity index (χ2n) is 6.55. The zero-order valence-corrected chi connectivity index (χ0v) is 17.4. The maximum absolute atomic E-state index is 13.9. The van der Waals surface area contributed by atoms with Gasteiger partial charge in [-0.25, -0.2) is 21.9 Å². The van der Waals surface area contributed by atoms with E-state index in [-0.39, 0.29) is 22.9 Å². The molecule has 29 heavy (non-hydrogen) atoms. The van der Waals surface area contributed by atoms with Crippen LogP contribution < -0.4 is 4.72 Å². The fraction of sp³-hybridized carbons (Fsp3) is 0.368. The first-order valence-corrected chi connectivity index (χ1v) is 10.6. The summed E-state index contributed by atoms with van der Waals surface area (Å²) in [5, 5.41) is 7.99. The van der Waals surface area contributed by atoms with Crippen LogP contribution in [0.15, 0.2) is 27.5 Å². The van der Waals surface area contributed by atoms with E-state index >= 15 is 0 Å². The molecule has 0 aliphatic carbocycles. The molecule has 0 atom stereocenters. The van der Waals surface area contributed by atoms with Crippen molar-refractivity contribution in [3.63, 3.8) is 0 Å². The van der Waals surface area contributed by atoms with Crippen LogP contribution in [0.4, 0.5) is 8.78 Å². The Balaban J connectivity index is 2.00. The van der Waals surface area contributed by atoms with Gasteiger partial charge in [0.05, 0.1) is 0 Å². The fourth-order valence-electron chi connectivity index (χ4n) is 3.34. The zero-order valence-electron chi connectivity index (χ0n) is 16.6. The monoisotopic (exact) mass is 424 g/mol. The van der Waals surface area contributed by atoms with Crippen LogP contribution in [0.3, 0.4) is 0 Å². The molecule has 2 aromatic heterocycles. The summed E-state index contributed by atoms with van der Waals surface area (Å²) in [6.07, 6.45) is 0.563. The van der Waals surface area contributed by atoms with Crippen molar-refractivity contribution < 1.29 is 21.6 Å². The Kier molecular flexibility index (Phi) is 5.85. The standard InChI is InChI=1S/C19H22F2N4O3S/c1-5-16-23-24-19(28-16)17-11(3)18(12(4)25(17)6-2)29(26,27)22-10-13-7-8-14(20)9-15(13)21/h7-9,22H,5-6,10H2,1-4H3. The third-order valence-electron chi connectivity index (χ3n) is 4.72. The molecule has 0 saturated carbocycles. The van der Waals surface area contributed by atoms with Crippen molar-refractivity contribution in [2.75, 3.05) is 0 Å². The van der Waals surface area contributed by atoms with E-state index in [9.17, 15) is 17.2 Å². The molecule has 3 aromatic rings. The minimum absolute atomic E-state index is 0.0462. The van der Waals surface area contributed by atoms with Gasteiger partial charge >= 0.3 is 0 Å². The van der Waals surface area contributed by atoms with E-state index in [0.29, 0.717) is 41.9 Å². The van der Waals surface area contributed by atoms with E-state index in [2.05, 4.69) is 14.9 Å². The summed E-state index contributed by atoms with van der Waals surface area (Å²) in [7, 11) is -3.99. The average molecular weight is 424 g/mol. The van der Waals surface area contributed by atoms with E-state index < -0.39 is 21.7 Å². The molecule has 0 aliphatic rings. The Hall–Kier alpha value is -2.59. The molecule has 10 heteroatoms. The lowest BCUT2D eigenvalue weighted by Gasteiger charge is -2.09. The Labute approximate surface area is 167 Å². The molecule has 2 heterocycles. The third kappa shape index (κ3) is 3.95. The van der Waals surface area contributed by atoms with Crippen LogP contribution >= 0.6 is 0 Å². The molecular formula is C19H22F2N4O3S. The number of aryl methyl sites for hydroxylation is 1. The number of hydrogen-bond acceptors (Lipinski definition) is 5. The topological polar surface area (TPSA) is 90.0 Å². The molecule has 1 aromatic carbocycles. The first-order valence-electron chi connectivity index (χ1n) is 9.15. The molecule has 0 unspecified atom stereocenters. The number of sulfonamides is 1. The Morgan fingerprint density at radius 2 is 1.90 bits per heavy atom. The van der Waals surface area contributed by atoms with Crippen molar-refractivity contribution in [1.82, 2.24) is 19.5 Å². The summed E-state index contributed by atoms with van der Waals surface area (Å²) >= 11 is 0. The van der Waals surface area contributed by atoms with Gasteiger partial charge in [-0.15, -0.1) is 10.2 Å². The van der Waals surface area contributed by atoms with Crippen LogP contribution in [-0.4, -0.2) is 23.2 Å². The number of nitrogens with zero attached hydrogens (tertiary/aromatic N) is 3. The molecule has 0 amide bonds. The van der Waals surface area contributed by atoms with Gasteiger partial charge in [-0.2, -0.15) is 0 Å². The minimum atomic E-state index is -3.99. The van der Waals surface area contributed by atoms with Gasteiger partial charge in [-0.1, -0.05) is 13.0 Å². The predicted octanol–water partition coefficient (Wildman–Crippen LogP) is 3.49. The van der Waals surface area contributed by atoms with Crippen molar-refractivity contribution in [3.8, 4) is 11.6 Å². The lowest BCUT2D eigenvalue weighted by Crippen LogP contribution is -2.25. The molecule has 1 N–H and O–H groups in total. The normalized spacial score (nSPS) is 11.9. The predicted molar refractivity (Wildman–Crippen MR) is 103 cm³/mol. The van der Waals surface area contributed by atoms with E-state index in [1.54, 1.807) is 18.4 Å². The van der Waals surface area contributed by atoms with Crippen LogP contribution in [0.25, 0.3) is 11.6 Å². The molecule has 0 bridgehead atoms. The first kappa shape index (κ1) is 21.1. The summed E-state index contributed by atoms with van der Waals surface area (Å²) in [6, 6.07) is 3.00. The van der Waals surface area contributed by atoms with E-state index in [0.717, 1.165) is 6.07 Å². The Bertz CT molecular complexity index is 1150. The minimum Gasteiger partial charge on any atom is -0.419 e. The zero-order chi connectivity index (χ0) is 21.3. The van der Waals surface area contributed by atoms with E-state index in [1.807, 2.05) is 13.8 Å². The summed E-state index contributed by atoms with van der Waals surface area (Å²) in [5.74, 6) is -0.840. The first-order chi connectivity index (χ1) is 13.7. The van der Waals surface area contributed by atoms with Crippen molar-refractivity contribution >= 4 is 10.0 Å². The molecular weight excluding hydrogens is 402 g/mol. The van der Waals surface area contributed by atoms with Gasteiger partial charge in [-0.3, -0.25) is 0 Å². The van der Waals surface area contributed by atoms with E-state index in [4.69, 9.17) is 4.42 Å². The van der Waals surface area contributed by atoms with Gasteiger partial charge in [0.1, 0.15) is 22.2 Å². The van der Waals surface area contributed by atoms with Crippen molar-refractivity contribution in [2.24, 2.45) is 0 Å². The number of hydrogen-bond donors (Lipinski definition) is 1. The second kappa shape index (κ2) is 8.03. The molecule has 0 fully saturated rings. The lowest BCUT2D eigenvalue weighted by molar-refractivity contribution is 0.507. The quantitative estimate of drug-likeness (QED) is 0.627. The van der Waals surface area contributed by atoms with Gasteiger partial charge in [0.25, 0.3) is 5.89 Å². The molecule has 7 nitrogen and oxygen atoms in total. The van der Waals surface area contributed by atoms with Crippen molar-refractivity contribution in [3.05, 3.63) is 52.5 Å². The van der Waals surface area contributed by atoms with Gasteiger partial charge in [0.15, 0.2) is 0 Å². The fourth-order valence-corrected chi connectivity index (χ4v) is 4.83. The highest BCUT2D eigenvalue weighted by atomic mass is 32.2. The number of aromatic nitrogens is 3. The highest BCUT2D eigenvalue weighted by molar-refractivity contribution is 7.89. The van der Waals surface area contributed by atoms with Crippen molar-refractivity contribution in [1.29, 1.82) is 0 Å². The molecule has 0 aliphatic heterocycles. The van der Waals surface area contributed by atoms with E-state index in [1.165, 1.54) is 6.07 Å². The number of rotatable bonds is 7. The summed E-state index contributed by atoms with van der Waals surface area (Å²) in [5.41, 5.74) is 1.54. The summed E-state index contributed by atoms with van der Waals surface area (Å²) in [6.45, 7) is 7.30. The number of halogens is 2. The summed E-state index contributed by atoms with van der Waals surface area (Å²) < 4.78 is 62.8. The van der Waals surface area contributed by atoms with Crippen LogP contribution in [0.1, 0.15) is 36.6 Å². The van der Waals surface area contributed by atoms with Crippen LogP contribution in [0.5, 0.6) is 0 Å². The largest absolute Gasteiger partial charge is 0.419 e. The lowest BCUT2D eigenvalue weighted by atomic mass is 10.2. The molecule has 3 rings (SSSR count). The molecule has 0 saturated heterocycles. The van der Waals surface area contributed by atoms with Crippen LogP contribution in [-0.2, 0) is 29.5 Å². The third-order valence-corrected chi connectivity index (χ3v) is 6.39. The van der Waals surface area contributed by atoms with Crippen LogP contribution in [0.2, 0.25) is 0 Å². The Morgan fingerprint density at radius 1 is 1.17 bits per heavy atom. The smallest absolute Gasteiger partial charge is 0.264 e. The number of nitrogens with one attached hydrogen (secondary N) is 1. The van der Waals surface area contributed by atoms with Gasteiger partial charge in [-0.05, 0) is 26.8 Å². The van der Waals surface area contributed by atoms with Crippen molar-refractivity contribution in [2.45, 2.75) is 52.1 Å². The highest BCUT2D eigenvalue weighted by Gasteiger charge is 2.29. The maximum Gasteiger partial charge on any atom is 0.264 e. The molecule has 0 radical (unpaired) electrons. The van der Waals surface area contributed by atoms with Gasteiger partial charge in [0.2, 0.25) is 15.9 Å². The average Bonchev–Trinajstić information content (AvgIpc) is 3.22. The van der Waals surface area contributed by atoms with Gasteiger partial charge in [0, 0.05) is 42.4 Å². The summed E-state index contributed by atoms with van der Waals surface area (Å²) in [4.78, 5) is 0.0770. The molecule has 156 valence electrons. The number of benzene rings is 1. The van der Waals surface area contributed by atoms with Gasteiger partial charge < -0.3 is 8.98 Å². The molecule has 0 spiro atoms. The second-order valence-corrected chi connectivity index (χ2v) is 8.25. The Morgan fingerprint density at radius 3 is 2.48 bits per heavy atom. The van der Waals surface area contributed by atoms with Crippen LogP contribution in [0, 0.1) is 25.5 Å². The maximum atomic E-state index is 13.9.